The lowest BCUT2D eigenvalue weighted by molar-refractivity contribution is -0.885. The van der Waals surface area contributed by atoms with Crippen LogP contribution in [0.2, 0.25) is 0 Å². The molecule has 54 heavy (non-hydrogen) atoms. The summed E-state index contributed by atoms with van der Waals surface area (Å²) in [4.78, 5) is 103. The normalized spacial score (nSPS) is 21.6. The Kier molecular flexibility index (Phi) is 12.3. The molecule has 3 heterocycles. The lowest BCUT2D eigenvalue weighted by atomic mass is 9.85. The Morgan fingerprint density at radius 2 is 1.67 bits per heavy atom. The summed E-state index contributed by atoms with van der Waals surface area (Å²) in [5, 5.41) is 11.1. The van der Waals surface area contributed by atoms with Crippen LogP contribution in [-0.4, -0.2) is 102 Å². The van der Waals surface area contributed by atoms with E-state index in [0.717, 1.165) is 11.3 Å². The average molecular weight is 753 g/mol. The Morgan fingerprint density at radius 1 is 1.02 bits per heavy atom. The first-order valence-electron chi connectivity index (χ1n) is 18.7. The van der Waals surface area contributed by atoms with Crippen molar-refractivity contribution in [2.45, 2.75) is 106 Å². The van der Waals surface area contributed by atoms with Crippen LogP contribution in [0.25, 0.3) is 0 Å². The van der Waals surface area contributed by atoms with Crippen molar-refractivity contribution in [3.63, 3.8) is 0 Å². The van der Waals surface area contributed by atoms with Crippen LogP contribution in [0.1, 0.15) is 102 Å². The number of piperidine rings is 1. The second kappa shape index (κ2) is 15.9. The molecule has 4 N–H and O–H groups in total. The maximum atomic E-state index is 14.5. The highest BCUT2D eigenvalue weighted by molar-refractivity contribution is 6.38. The molecule has 1 aromatic heterocycles. The third-order valence-corrected chi connectivity index (χ3v) is 11.1. The number of fused-ring (bicyclic) bond motifs is 2. The van der Waals surface area contributed by atoms with Crippen molar-refractivity contribution in [2.75, 3.05) is 26.7 Å². The van der Waals surface area contributed by atoms with Crippen molar-refractivity contribution < 1.29 is 43.1 Å². The molecule has 2 aliphatic heterocycles. The number of hydrogen-bond acceptors (Lipinski definition) is 8. The van der Waals surface area contributed by atoms with Gasteiger partial charge in [0, 0.05) is 23.9 Å². The Hall–Kier alpha value is -4.82. The van der Waals surface area contributed by atoms with Crippen LogP contribution in [0.4, 0.5) is 4.79 Å². The number of amides is 7. The van der Waals surface area contributed by atoms with Crippen LogP contribution < -0.4 is 30.8 Å². The third-order valence-electron chi connectivity index (χ3n) is 11.1. The van der Waals surface area contributed by atoms with E-state index in [9.17, 15) is 33.6 Å². The van der Waals surface area contributed by atoms with E-state index < -0.39 is 76.3 Å². The molecule has 15 nitrogen and oxygen atoms in total. The van der Waals surface area contributed by atoms with Gasteiger partial charge in [0.05, 0.1) is 24.2 Å². The number of nitrogens with one attached hydrogen (secondary N) is 4. The Balaban J connectivity index is 1.53. The SMILES string of the molecule is C=CCNC(=O)C(=O)C(CCCC)NC(=O)[C@@H]1[C@@H]2[C@H](CN1C(=O)[C@@H](NC(=O)N[C@H](CN1C(=O)c3cc[n+](OC)cc3C1=O)C(C)(C)C)C(C)(C)C)C2(C)C. The van der Waals surface area contributed by atoms with E-state index in [1.807, 2.05) is 41.5 Å². The summed E-state index contributed by atoms with van der Waals surface area (Å²) in [7, 11) is 1.43. The van der Waals surface area contributed by atoms with E-state index in [2.05, 4.69) is 27.8 Å². The predicted molar refractivity (Wildman–Crippen MR) is 199 cm³/mol. The van der Waals surface area contributed by atoms with Gasteiger partial charge in [-0.1, -0.05) is 81.2 Å². The molecule has 1 aromatic rings. The van der Waals surface area contributed by atoms with Crippen LogP contribution in [-0.2, 0) is 19.2 Å². The number of aromatic nitrogens is 1. The molecule has 0 spiro atoms. The quantitative estimate of drug-likeness (QED) is 0.0904. The molecule has 1 aliphatic carbocycles. The number of urea groups is 1. The van der Waals surface area contributed by atoms with Crippen LogP contribution in [0.5, 0.6) is 0 Å². The number of likely N-dealkylation sites (tertiary alicyclic amines) is 1. The summed E-state index contributed by atoms with van der Waals surface area (Å²) in [6, 6.07) is -2.97. The first-order valence-corrected chi connectivity index (χ1v) is 18.7. The number of unbranched alkanes of at least 4 members (excludes halogenated alkanes) is 1. The van der Waals surface area contributed by atoms with Gasteiger partial charge in [-0.3, -0.25) is 38.5 Å². The van der Waals surface area contributed by atoms with Crippen molar-refractivity contribution in [3.8, 4) is 0 Å². The summed E-state index contributed by atoms with van der Waals surface area (Å²) in [6.45, 7) is 20.8. The average Bonchev–Trinajstić information content (AvgIpc) is 3.35. The monoisotopic (exact) mass is 752 g/mol. The van der Waals surface area contributed by atoms with Gasteiger partial charge in [0.15, 0.2) is 0 Å². The molecule has 0 bridgehead atoms. The maximum Gasteiger partial charge on any atom is 0.315 e. The Labute approximate surface area is 317 Å². The standard InChI is InChI=1S/C39H57N7O8/c1-12-14-15-25(29(47)32(49)40-17-13-2)41-31(48)28-27-24(39(27,9)10)20-45(28)35(52)30(38(6,7)8)43-36(53)42-26(37(3,4)5)21-46-33(50)22-16-18-44(54-11)19-23(22)34(46)51/h13,16,18-19,24-28,30H,2,12,14-15,17,20-21H2,1,3-11H3,(H3-,40,41,42,43,48,49,53)/p+1/t24-,25?,26+,27-,28-,30+/m0/s1. The van der Waals surface area contributed by atoms with Gasteiger partial charge in [0.2, 0.25) is 30.0 Å². The molecular formula is C39H58N7O8+. The van der Waals surface area contributed by atoms with E-state index in [4.69, 9.17) is 4.84 Å². The number of ketones is 1. The summed E-state index contributed by atoms with van der Waals surface area (Å²) in [5.41, 5.74) is -1.26. The topological polar surface area (TPSA) is 187 Å². The second-order valence-electron chi connectivity index (χ2n) is 17.3. The van der Waals surface area contributed by atoms with E-state index >= 15 is 0 Å². The molecule has 6 atom stereocenters. The number of hydrogen-bond donors (Lipinski definition) is 4. The fourth-order valence-electron chi connectivity index (χ4n) is 7.52. The molecule has 2 fully saturated rings. The van der Waals surface area contributed by atoms with Gasteiger partial charge >= 0.3 is 6.03 Å². The van der Waals surface area contributed by atoms with Gasteiger partial charge in [-0.15, -0.1) is 6.58 Å². The smallest absolute Gasteiger partial charge is 0.315 e. The highest BCUT2D eigenvalue weighted by Crippen LogP contribution is 2.65. The van der Waals surface area contributed by atoms with Crippen LogP contribution in [0, 0.1) is 28.1 Å². The van der Waals surface area contributed by atoms with Crippen molar-refractivity contribution in [2.24, 2.45) is 28.1 Å². The molecule has 0 aromatic carbocycles. The van der Waals surface area contributed by atoms with Gasteiger partial charge in [-0.2, -0.15) is 0 Å². The molecule has 0 radical (unpaired) electrons. The maximum absolute atomic E-state index is 14.5. The lowest BCUT2D eigenvalue weighted by Gasteiger charge is -2.39. The second-order valence-corrected chi connectivity index (χ2v) is 17.3. The molecule has 1 saturated heterocycles. The Morgan fingerprint density at radius 3 is 2.24 bits per heavy atom. The highest BCUT2D eigenvalue weighted by atomic mass is 16.6. The summed E-state index contributed by atoms with van der Waals surface area (Å²) < 4.78 is 1.32. The highest BCUT2D eigenvalue weighted by Gasteiger charge is 2.70. The molecular weight excluding hydrogens is 694 g/mol. The number of carbonyl (C=O) groups is 7. The van der Waals surface area contributed by atoms with Gasteiger partial charge < -0.3 is 26.2 Å². The number of rotatable bonds is 15. The van der Waals surface area contributed by atoms with Crippen molar-refractivity contribution in [1.29, 1.82) is 0 Å². The molecule has 3 aliphatic rings. The van der Waals surface area contributed by atoms with Crippen LogP contribution in [0.3, 0.4) is 0 Å². The van der Waals surface area contributed by atoms with Crippen molar-refractivity contribution in [3.05, 3.63) is 42.2 Å². The van der Waals surface area contributed by atoms with Crippen molar-refractivity contribution in [1.82, 2.24) is 31.1 Å². The number of nitrogens with zero attached hydrogens (tertiary/aromatic N) is 3. The first kappa shape index (κ1) is 41.9. The number of imide groups is 1. The van der Waals surface area contributed by atoms with E-state index in [0.29, 0.717) is 6.42 Å². The van der Waals surface area contributed by atoms with E-state index in [-0.39, 0.29) is 54.4 Å². The first-order chi connectivity index (χ1) is 25.1. The predicted octanol–water partition coefficient (Wildman–Crippen LogP) is 1.79. The minimum absolute atomic E-state index is 0.0237. The molecule has 15 heteroatoms. The summed E-state index contributed by atoms with van der Waals surface area (Å²) in [6.07, 6.45) is 6.01. The lowest BCUT2D eigenvalue weighted by Crippen LogP contribution is -2.62. The minimum Gasteiger partial charge on any atom is -0.346 e. The third kappa shape index (κ3) is 8.60. The number of pyridine rings is 1. The zero-order valence-corrected chi connectivity index (χ0v) is 33.3. The van der Waals surface area contributed by atoms with Gasteiger partial charge in [-0.05, 0) is 34.5 Å². The molecule has 1 saturated carbocycles. The fraction of sp³-hybridized carbons (Fsp3) is 0.641. The number of carbonyl (C=O) groups excluding carboxylic acids is 7. The zero-order valence-electron chi connectivity index (χ0n) is 33.3. The summed E-state index contributed by atoms with van der Waals surface area (Å²) >= 11 is 0. The number of Topliss-reactive ketones (excluding diaryl/α,β-unsaturated/α-hetero) is 1. The largest absolute Gasteiger partial charge is 0.346 e. The fourth-order valence-corrected chi connectivity index (χ4v) is 7.52. The molecule has 4 rings (SSSR count). The van der Waals surface area contributed by atoms with Gasteiger partial charge in [0.1, 0.15) is 24.8 Å². The van der Waals surface area contributed by atoms with E-state index in [1.165, 1.54) is 41.3 Å². The van der Waals surface area contributed by atoms with Crippen LogP contribution >= 0.6 is 0 Å². The molecule has 296 valence electrons. The molecule has 1 unspecified atom stereocenters. The van der Waals surface area contributed by atoms with Gasteiger partial charge in [0.25, 0.3) is 17.7 Å². The Bertz CT molecular complexity index is 1690. The van der Waals surface area contributed by atoms with Gasteiger partial charge in [-0.25, -0.2) is 4.79 Å². The van der Waals surface area contributed by atoms with Crippen molar-refractivity contribution >= 4 is 41.4 Å². The van der Waals surface area contributed by atoms with Crippen LogP contribution in [0.15, 0.2) is 31.1 Å². The summed E-state index contributed by atoms with van der Waals surface area (Å²) in [5.74, 6) is -3.73. The minimum atomic E-state index is -1.08. The van der Waals surface area contributed by atoms with E-state index in [1.54, 1.807) is 20.8 Å². The zero-order chi connectivity index (χ0) is 40.5. The molecule has 7 amide bonds.